The third-order valence-electron chi connectivity index (χ3n) is 1.03. The third kappa shape index (κ3) is 2.45. The molecule has 0 aromatic carbocycles. The molecule has 11 heavy (non-hydrogen) atoms. The fraction of sp³-hybridized carbons (Fsp3) is 0.400. The summed E-state index contributed by atoms with van der Waals surface area (Å²) in [5.74, 6) is -0.337. The van der Waals surface area contributed by atoms with Gasteiger partial charge in [0.15, 0.2) is 23.0 Å². The molecule has 0 saturated carbocycles. The number of aromatic nitrogens is 3. The number of hydrogen-bond acceptors (Lipinski definition) is 4. The Morgan fingerprint density at radius 1 is 1.91 bits per heavy atom. The number of halogens is 1. The molecule has 1 heterocycles. The zero-order valence-electron chi connectivity index (χ0n) is 5.82. The average Bonchev–Trinajstić information content (AvgIpc) is 2.35. The SMILES string of the molecule is Cc1cn(CC(=O)OI)nn1. The molecule has 0 spiro atoms. The standard InChI is InChI=1S/C5H6IN3O2/c1-4-2-9(8-7-4)3-5(10)11-6/h2H,3H2,1H3. The van der Waals surface area contributed by atoms with Crippen molar-refractivity contribution in [2.24, 2.45) is 0 Å². The molecule has 0 atom stereocenters. The Kier molecular flexibility index (Phi) is 2.80. The monoisotopic (exact) mass is 267 g/mol. The molecular formula is C5H6IN3O2. The smallest absolute Gasteiger partial charge is 0.337 e. The van der Waals surface area contributed by atoms with Crippen LogP contribution in [-0.4, -0.2) is 21.0 Å². The Bertz CT molecular complexity index is 260. The minimum absolute atomic E-state index is 0.115. The zero-order chi connectivity index (χ0) is 8.27. The maximum absolute atomic E-state index is 10.7. The Morgan fingerprint density at radius 2 is 2.64 bits per heavy atom. The van der Waals surface area contributed by atoms with Crippen LogP contribution in [0.2, 0.25) is 0 Å². The van der Waals surface area contributed by atoms with Gasteiger partial charge in [-0.2, -0.15) is 0 Å². The van der Waals surface area contributed by atoms with Crippen molar-refractivity contribution in [2.75, 3.05) is 0 Å². The Morgan fingerprint density at radius 3 is 3.09 bits per heavy atom. The number of hydrogen-bond donors (Lipinski definition) is 0. The van der Waals surface area contributed by atoms with Crippen molar-refractivity contribution >= 4 is 29.0 Å². The second kappa shape index (κ2) is 3.65. The van der Waals surface area contributed by atoms with Crippen molar-refractivity contribution in [3.8, 4) is 0 Å². The van der Waals surface area contributed by atoms with Gasteiger partial charge in [-0.1, -0.05) is 5.21 Å². The van der Waals surface area contributed by atoms with Crippen LogP contribution in [0.3, 0.4) is 0 Å². The molecule has 1 rings (SSSR count). The van der Waals surface area contributed by atoms with Gasteiger partial charge >= 0.3 is 5.97 Å². The molecule has 0 N–H and O–H groups in total. The summed E-state index contributed by atoms with van der Waals surface area (Å²) in [6.07, 6.45) is 1.67. The van der Waals surface area contributed by atoms with Crippen LogP contribution in [-0.2, 0) is 14.4 Å². The number of carbonyl (C=O) groups excluding carboxylic acids is 1. The summed E-state index contributed by atoms with van der Waals surface area (Å²) >= 11 is 1.54. The normalized spacial score (nSPS) is 9.64. The fourth-order valence-electron chi connectivity index (χ4n) is 0.629. The molecule has 0 aliphatic heterocycles. The molecule has 0 unspecified atom stereocenters. The van der Waals surface area contributed by atoms with Gasteiger partial charge in [-0.15, -0.1) is 5.10 Å². The molecule has 0 amide bonds. The maximum atomic E-state index is 10.7. The quantitative estimate of drug-likeness (QED) is 0.731. The van der Waals surface area contributed by atoms with Gasteiger partial charge in [-0.05, 0) is 6.92 Å². The largest absolute Gasteiger partial charge is 0.393 e. The van der Waals surface area contributed by atoms with E-state index >= 15 is 0 Å². The minimum atomic E-state index is -0.337. The highest BCUT2D eigenvalue weighted by molar-refractivity contribution is 14.1. The first-order chi connectivity index (χ1) is 5.22. The van der Waals surface area contributed by atoms with E-state index in [0.717, 1.165) is 5.69 Å². The van der Waals surface area contributed by atoms with E-state index in [9.17, 15) is 4.79 Å². The number of aryl methyl sites for hydroxylation is 1. The first-order valence-electron chi connectivity index (χ1n) is 2.90. The summed E-state index contributed by atoms with van der Waals surface area (Å²) < 4.78 is 5.83. The molecule has 0 saturated heterocycles. The maximum Gasteiger partial charge on any atom is 0.337 e. The van der Waals surface area contributed by atoms with Gasteiger partial charge in [0, 0.05) is 6.20 Å². The van der Waals surface area contributed by atoms with Crippen molar-refractivity contribution in [1.29, 1.82) is 0 Å². The molecular weight excluding hydrogens is 261 g/mol. The van der Waals surface area contributed by atoms with Crippen molar-refractivity contribution in [3.05, 3.63) is 11.9 Å². The zero-order valence-corrected chi connectivity index (χ0v) is 7.98. The summed E-state index contributed by atoms with van der Waals surface area (Å²) in [5.41, 5.74) is 0.784. The van der Waals surface area contributed by atoms with Crippen LogP contribution in [0.4, 0.5) is 0 Å². The topological polar surface area (TPSA) is 57.0 Å². The first-order valence-corrected chi connectivity index (χ1v) is 3.78. The van der Waals surface area contributed by atoms with E-state index in [4.69, 9.17) is 0 Å². The van der Waals surface area contributed by atoms with E-state index in [1.807, 2.05) is 0 Å². The summed E-state index contributed by atoms with van der Waals surface area (Å²) in [5, 5.41) is 7.37. The first kappa shape index (κ1) is 8.44. The van der Waals surface area contributed by atoms with Crippen LogP contribution in [0.1, 0.15) is 5.69 Å². The predicted molar refractivity (Wildman–Crippen MR) is 44.9 cm³/mol. The summed E-state index contributed by atoms with van der Waals surface area (Å²) in [6.45, 7) is 1.92. The highest BCUT2D eigenvalue weighted by Gasteiger charge is 2.03. The highest BCUT2D eigenvalue weighted by atomic mass is 127. The van der Waals surface area contributed by atoms with Gasteiger partial charge in [-0.3, -0.25) is 0 Å². The second-order valence-corrected chi connectivity index (χ2v) is 2.45. The Labute approximate surface area is 77.4 Å². The minimum Gasteiger partial charge on any atom is -0.393 e. The average molecular weight is 267 g/mol. The van der Waals surface area contributed by atoms with Crippen LogP contribution >= 0.6 is 23.0 Å². The van der Waals surface area contributed by atoms with Crippen LogP contribution in [0.15, 0.2) is 6.20 Å². The van der Waals surface area contributed by atoms with Gasteiger partial charge in [0.25, 0.3) is 0 Å². The third-order valence-corrected chi connectivity index (χ3v) is 1.52. The van der Waals surface area contributed by atoms with Gasteiger partial charge in [0.1, 0.15) is 6.54 Å². The molecule has 0 radical (unpaired) electrons. The molecule has 1 aromatic rings. The highest BCUT2D eigenvalue weighted by Crippen LogP contribution is 1.93. The predicted octanol–water partition coefficient (Wildman–Crippen LogP) is 0.480. The lowest BCUT2D eigenvalue weighted by molar-refractivity contribution is -0.132. The Balaban J connectivity index is 2.57. The van der Waals surface area contributed by atoms with Gasteiger partial charge < -0.3 is 3.07 Å². The van der Waals surface area contributed by atoms with E-state index in [-0.39, 0.29) is 12.5 Å². The summed E-state index contributed by atoms with van der Waals surface area (Å²) in [4.78, 5) is 10.7. The number of nitrogens with zero attached hydrogens (tertiary/aromatic N) is 3. The molecule has 6 heteroatoms. The van der Waals surface area contributed by atoms with Gasteiger partial charge in [0.05, 0.1) is 5.69 Å². The van der Waals surface area contributed by atoms with Gasteiger partial charge in [-0.25, -0.2) is 9.48 Å². The van der Waals surface area contributed by atoms with Crippen LogP contribution in [0, 0.1) is 6.92 Å². The van der Waals surface area contributed by atoms with Crippen molar-refractivity contribution in [1.82, 2.24) is 15.0 Å². The van der Waals surface area contributed by atoms with Crippen molar-refractivity contribution in [3.63, 3.8) is 0 Å². The van der Waals surface area contributed by atoms with E-state index in [2.05, 4.69) is 13.4 Å². The molecule has 0 bridgehead atoms. The molecule has 60 valence electrons. The van der Waals surface area contributed by atoms with Gasteiger partial charge in [0.2, 0.25) is 0 Å². The van der Waals surface area contributed by atoms with Crippen molar-refractivity contribution in [2.45, 2.75) is 13.5 Å². The lowest BCUT2D eigenvalue weighted by Gasteiger charge is -1.94. The van der Waals surface area contributed by atoms with E-state index in [1.54, 1.807) is 13.1 Å². The van der Waals surface area contributed by atoms with Crippen LogP contribution in [0.25, 0.3) is 0 Å². The second-order valence-electron chi connectivity index (χ2n) is 2.01. The van der Waals surface area contributed by atoms with Crippen molar-refractivity contribution < 1.29 is 7.86 Å². The molecule has 5 nitrogen and oxygen atoms in total. The fourth-order valence-corrected chi connectivity index (χ4v) is 0.768. The lowest BCUT2D eigenvalue weighted by atomic mass is 10.5. The van der Waals surface area contributed by atoms with E-state index in [1.165, 1.54) is 27.7 Å². The Hall–Kier alpha value is -0.660. The molecule has 0 aliphatic carbocycles. The molecule has 1 aromatic heterocycles. The lowest BCUT2D eigenvalue weighted by Crippen LogP contribution is -2.09. The molecule has 0 fully saturated rings. The van der Waals surface area contributed by atoms with E-state index in [0.29, 0.717) is 0 Å². The summed E-state index contributed by atoms with van der Waals surface area (Å²) in [7, 11) is 0. The van der Waals surface area contributed by atoms with Crippen LogP contribution in [0.5, 0.6) is 0 Å². The summed E-state index contributed by atoms with van der Waals surface area (Å²) in [6, 6.07) is 0. The molecule has 0 aliphatic rings. The number of rotatable bonds is 2. The van der Waals surface area contributed by atoms with E-state index < -0.39 is 0 Å². The van der Waals surface area contributed by atoms with Crippen LogP contribution < -0.4 is 0 Å². The number of carbonyl (C=O) groups is 1.